The standard InChI is InChI=1S/C31H31Cl2IN4O7/c1-4-43-26-13-20(29-28(30(40)42-3)17(2)36-31(41)37-29)7-10-25(26)45-16-27(39)38-35-14-18-6-9-24(23(34)12-18)44-15-19-5-8-21(32)22(33)11-19/h5-14,27,29,38-39H,4,15-16H2,1-3H3,(H2,36,37,41)/b35-14-/t27-,29+/m0/s1. The first-order valence-electron chi connectivity index (χ1n) is 13.7. The summed E-state index contributed by atoms with van der Waals surface area (Å²) in [7, 11) is 1.27. The Labute approximate surface area is 284 Å². The average molecular weight is 769 g/mol. The molecule has 2 amide bonds. The fourth-order valence-electron chi connectivity index (χ4n) is 4.32. The van der Waals surface area contributed by atoms with Crippen molar-refractivity contribution in [2.45, 2.75) is 32.7 Å². The molecule has 45 heavy (non-hydrogen) atoms. The van der Waals surface area contributed by atoms with Crippen LogP contribution in [0.5, 0.6) is 17.2 Å². The van der Waals surface area contributed by atoms with Crippen molar-refractivity contribution in [3.05, 3.63) is 96.2 Å². The minimum absolute atomic E-state index is 0.147. The van der Waals surface area contributed by atoms with Gasteiger partial charge in [-0.2, -0.15) is 5.10 Å². The largest absolute Gasteiger partial charge is 0.490 e. The number of amides is 2. The third kappa shape index (κ3) is 9.16. The molecule has 0 bridgehead atoms. The Morgan fingerprint density at radius 1 is 1.07 bits per heavy atom. The van der Waals surface area contributed by atoms with Crippen molar-refractivity contribution in [2.24, 2.45) is 5.10 Å². The SMILES string of the molecule is CCOc1cc([C@H]2NC(=O)NC(C)=C2C(=O)OC)ccc1OC[C@H](O)N/N=C\c1ccc(OCc2ccc(Cl)c(Cl)c2)c(I)c1. The number of hydrazone groups is 1. The van der Waals surface area contributed by atoms with Crippen LogP contribution in [0.4, 0.5) is 4.79 Å². The smallest absolute Gasteiger partial charge is 0.337 e. The van der Waals surface area contributed by atoms with Crippen LogP contribution in [-0.4, -0.2) is 49.9 Å². The monoisotopic (exact) mass is 768 g/mol. The van der Waals surface area contributed by atoms with E-state index < -0.39 is 24.3 Å². The van der Waals surface area contributed by atoms with Crippen molar-refractivity contribution in [3.63, 3.8) is 0 Å². The van der Waals surface area contributed by atoms with Crippen LogP contribution in [0.3, 0.4) is 0 Å². The maximum atomic E-state index is 12.4. The second-order valence-corrected chi connectivity index (χ2v) is 11.6. The van der Waals surface area contributed by atoms with Crippen LogP contribution < -0.4 is 30.3 Å². The van der Waals surface area contributed by atoms with Crippen LogP contribution in [0.25, 0.3) is 0 Å². The molecule has 0 fully saturated rings. The molecular weight excluding hydrogens is 738 g/mol. The Morgan fingerprint density at radius 3 is 2.56 bits per heavy atom. The van der Waals surface area contributed by atoms with E-state index in [2.05, 4.69) is 43.8 Å². The molecule has 1 aliphatic heterocycles. The fourth-order valence-corrected chi connectivity index (χ4v) is 5.34. The summed E-state index contributed by atoms with van der Waals surface area (Å²) in [5, 5.41) is 20.8. The molecule has 11 nitrogen and oxygen atoms in total. The summed E-state index contributed by atoms with van der Waals surface area (Å²) >= 11 is 14.2. The van der Waals surface area contributed by atoms with Gasteiger partial charge in [0.05, 0.1) is 45.2 Å². The lowest BCUT2D eigenvalue weighted by molar-refractivity contribution is -0.136. The van der Waals surface area contributed by atoms with Crippen LogP contribution in [-0.2, 0) is 16.1 Å². The van der Waals surface area contributed by atoms with Gasteiger partial charge in [-0.3, -0.25) is 5.43 Å². The van der Waals surface area contributed by atoms with E-state index in [0.717, 1.165) is 14.7 Å². The number of halogens is 3. The minimum atomic E-state index is -1.14. The molecule has 4 rings (SSSR count). The number of benzene rings is 3. The van der Waals surface area contributed by atoms with Crippen molar-refractivity contribution >= 4 is 64.0 Å². The van der Waals surface area contributed by atoms with Crippen molar-refractivity contribution < 1.29 is 33.6 Å². The predicted molar refractivity (Wildman–Crippen MR) is 179 cm³/mol. The number of aliphatic hydroxyl groups excluding tert-OH is 1. The molecule has 0 spiro atoms. The molecular formula is C31H31Cl2IN4O7. The highest BCUT2D eigenvalue weighted by Gasteiger charge is 2.32. The molecule has 2 atom stereocenters. The molecule has 3 aromatic carbocycles. The number of urea groups is 1. The molecule has 0 unspecified atom stereocenters. The van der Waals surface area contributed by atoms with Crippen LogP contribution in [0.15, 0.2) is 71.0 Å². The van der Waals surface area contributed by atoms with Gasteiger partial charge >= 0.3 is 12.0 Å². The molecule has 3 aromatic rings. The summed E-state index contributed by atoms with van der Waals surface area (Å²) in [6.45, 7) is 3.96. The number of esters is 1. The van der Waals surface area contributed by atoms with Gasteiger partial charge in [0.1, 0.15) is 19.0 Å². The maximum Gasteiger partial charge on any atom is 0.337 e. The number of aliphatic hydroxyl groups is 1. The summed E-state index contributed by atoms with van der Waals surface area (Å²) in [6, 6.07) is 14.7. The molecule has 0 radical (unpaired) electrons. The first-order chi connectivity index (χ1) is 21.6. The molecule has 0 saturated carbocycles. The van der Waals surface area contributed by atoms with Crippen molar-refractivity contribution in [2.75, 3.05) is 20.3 Å². The lowest BCUT2D eigenvalue weighted by atomic mass is 9.95. The number of allylic oxidation sites excluding steroid dienone is 1. The molecule has 4 N–H and O–H groups in total. The van der Waals surface area contributed by atoms with Gasteiger partial charge in [-0.1, -0.05) is 35.3 Å². The first-order valence-corrected chi connectivity index (χ1v) is 15.5. The third-order valence-electron chi connectivity index (χ3n) is 6.44. The zero-order chi connectivity index (χ0) is 32.5. The van der Waals surface area contributed by atoms with E-state index in [1.54, 1.807) is 43.5 Å². The summed E-state index contributed by atoms with van der Waals surface area (Å²) in [4.78, 5) is 24.6. The van der Waals surface area contributed by atoms with Crippen molar-refractivity contribution in [1.82, 2.24) is 16.1 Å². The molecule has 0 saturated heterocycles. The van der Waals surface area contributed by atoms with Gasteiger partial charge in [-0.15, -0.1) is 0 Å². The highest BCUT2D eigenvalue weighted by molar-refractivity contribution is 14.1. The molecule has 1 aliphatic rings. The Balaban J connectivity index is 1.34. The van der Waals surface area contributed by atoms with Crippen LogP contribution in [0, 0.1) is 3.57 Å². The number of methoxy groups -OCH3 is 1. The van der Waals surface area contributed by atoms with E-state index in [1.807, 2.05) is 31.2 Å². The van der Waals surface area contributed by atoms with Crippen LogP contribution >= 0.6 is 45.8 Å². The Morgan fingerprint density at radius 2 is 1.84 bits per heavy atom. The van der Waals surface area contributed by atoms with E-state index in [0.29, 0.717) is 51.8 Å². The normalized spacial score (nSPS) is 15.3. The molecule has 0 aromatic heterocycles. The first kappa shape index (κ1) is 34.2. The number of rotatable bonds is 13. The van der Waals surface area contributed by atoms with Gasteiger partial charge < -0.3 is 34.7 Å². The number of ether oxygens (including phenoxy) is 4. The zero-order valence-electron chi connectivity index (χ0n) is 24.5. The highest BCUT2D eigenvalue weighted by atomic mass is 127. The Bertz CT molecular complexity index is 1620. The van der Waals surface area contributed by atoms with E-state index in [1.165, 1.54) is 7.11 Å². The number of carbonyl (C=O) groups is 2. The summed E-state index contributed by atoms with van der Waals surface area (Å²) in [5.74, 6) is 0.858. The topological polar surface area (TPSA) is 140 Å². The van der Waals surface area contributed by atoms with Crippen LogP contribution in [0.2, 0.25) is 10.0 Å². The number of hydrogen-bond donors (Lipinski definition) is 4. The third-order valence-corrected chi connectivity index (χ3v) is 8.03. The second kappa shape index (κ2) is 16.0. The Kier molecular flexibility index (Phi) is 12.2. The zero-order valence-corrected chi connectivity index (χ0v) is 28.2. The van der Waals surface area contributed by atoms with E-state index in [9.17, 15) is 14.7 Å². The van der Waals surface area contributed by atoms with Gasteiger partial charge in [0, 0.05) is 5.70 Å². The quantitative estimate of drug-likeness (QED) is 0.0572. The molecule has 14 heteroatoms. The number of hydrogen-bond acceptors (Lipinski definition) is 9. The van der Waals surface area contributed by atoms with Crippen molar-refractivity contribution in [1.29, 1.82) is 0 Å². The number of nitrogens with zero attached hydrogens (tertiary/aromatic N) is 1. The number of carbonyl (C=O) groups excluding carboxylic acids is 2. The fraction of sp³-hybridized carbons (Fsp3) is 0.258. The molecule has 238 valence electrons. The van der Waals surface area contributed by atoms with Gasteiger partial charge in [0.15, 0.2) is 17.7 Å². The van der Waals surface area contributed by atoms with E-state index in [-0.39, 0.29) is 12.2 Å². The predicted octanol–water partition coefficient (Wildman–Crippen LogP) is 5.70. The van der Waals surface area contributed by atoms with Crippen LogP contribution in [0.1, 0.15) is 36.6 Å². The maximum absolute atomic E-state index is 12.4. The second-order valence-electron chi connectivity index (χ2n) is 9.64. The lowest BCUT2D eigenvalue weighted by Crippen LogP contribution is -2.45. The van der Waals surface area contributed by atoms with Crippen molar-refractivity contribution in [3.8, 4) is 17.2 Å². The average Bonchev–Trinajstić information content (AvgIpc) is 3.01. The molecule has 1 heterocycles. The number of nitrogens with one attached hydrogen (secondary N) is 3. The van der Waals surface area contributed by atoms with Gasteiger partial charge in [0.25, 0.3) is 0 Å². The van der Waals surface area contributed by atoms with Gasteiger partial charge in [-0.25, -0.2) is 9.59 Å². The highest BCUT2D eigenvalue weighted by Crippen LogP contribution is 2.35. The lowest BCUT2D eigenvalue weighted by Gasteiger charge is -2.28. The summed E-state index contributed by atoms with van der Waals surface area (Å²) < 4.78 is 23.2. The van der Waals surface area contributed by atoms with Gasteiger partial charge in [0.2, 0.25) is 0 Å². The summed E-state index contributed by atoms with van der Waals surface area (Å²) in [6.07, 6.45) is 0.430. The van der Waals surface area contributed by atoms with E-state index in [4.69, 9.17) is 42.1 Å². The molecule has 0 aliphatic carbocycles. The Hall–Kier alpha value is -3.72. The van der Waals surface area contributed by atoms with E-state index >= 15 is 0 Å². The summed E-state index contributed by atoms with van der Waals surface area (Å²) in [5.41, 5.74) is 5.56. The minimum Gasteiger partial charge on any atom is -0.490 e. The van der Waals surface area contributed by atoms with Gasteiger partial charge in [-0.05, 0) is 95.6 Å².